The van der Waals surface area contributed by atoms with Crippen LogP contribution < -0.4 is 14.8 Å². The molecule has 0 aliphatic heterocycles. The minimum absolute atomic E-state index is 0.0494. The van der Waals surface area contributed by atoms with Crippen molar-refractivity contribution in [3.05, 3.63) is 94.5 Å². The van der Waals surface area contributed by atoms with Crippen molar-refractivity contribution < 1.29 is 14.3 Å². The third-order valence-corrected chi connectivity index (χ3v) is 4.63. The predicted molar refractivity (Wildman–Crippen MR) is 117 cm³/mol. The van der Waals surface area contributed by atoms with Crippen LogP contribution in [-0.4, -0.2) is 13.0 Å². The van der Waals surface area contributed by atoms with E-state index in [1.165, 1.54) is 6.08 Å². The lowest BCUT2D eigenvalue weighted by molar-refractivity contribution is -0.112. The van der Waals surface area contributed by atoms with Gasteiger partial charge >= 0.3 is 0 Å². The number of amides is 1. The van der Waals surface area contributed by atoms with Crippen molar-refractivity contribution in [1.82, 2.24) is 0 Å². The smallest absolute Gasteiger partial charge is 0.266 e. The Labute approximate surface area is 180 Å². The van der Waals surface area contributed by atoms with Crippen molar-refractivity contribution in [2.75, 3.05) is 12.4 Å². The molecule has 6 heteroatoms. The van der Waals surface area contributed by atoms with E-state index in [1.807, 2.05) is 30.3 Å². The molecule has 150 valence electrons. The lowest BCUT2D eigenvalue weighted by Gasteiger charge is -2.12. The Balaban J connectivity index is 1.87. The normalized spacial score (nSPS) is 10.8. The number of halogens is 1. The molecule has 0 saturated carbocycles. The topological polar surface area (TPSA) is 71.3 Å². The Hall–Kier alpha value is -3.75. The molecular weight excluding hydrogens is 400 g/mol. The zero-order valence-corrected chi connectivity index (χ0v) is 17.0. The Morgan fingerprint density at radius 2 is 1.83 bits per heavy atom. The fraction of sp³-hybridized carbons (Fsp3) is 0.0833. The van der Waals surface area contributed by atoms with E-state index in [9.17, 15) is 10.1 Å². The second-order valence-electron chi connectivity index (χ2n) is 6.27. The molecule has 3 aromatic rings. The molecule has 3 rings (SSSR count). The van der Waals surface area contributed by atoms with Crippen molar-refractivity contribution in [3.8, 4) is 17.6 Å². The number of hydrogen-bond donors (Lipinski definition) is 1. The fourth-order valence-corrected chi connectivity index (χ4v) is 2.87. The molecule has 0 saturated heterocycles. The Morgan fingerprint density at radius 1 is 1.10 bits per heavy atom. The summed E-state index contributed by atoms with van der Waals surface area (Å²) in [7, 11) is 1.55. The van der Waals surface area contributed by atoms with Crippen LogP contribution >= 0.6 is 11.6 Å². The molecular formula is C24H19ClN2O3. The van der Waals surface area contributed by atoms with Gasteiger partial charge in [-0.05, 0) is 36.4 Å². The number of anilines is 1. The van der Waals surface area contributed by atoms with Gasteiger partial charge in [0.05, 0.1) is 7.11 Å². The molecule has 0 bridgehead atoms. The lowest BCUT2D eigenvalue weighted by atomic mass is 10.1. The van der Waals surface area contributed by atoms with Gasteiger partial charge in [-0.25, -0.2) is 0 Å². The molecule has 0 unspecified atom stereocenters. The van der Waals surface area contributed by atoms with Crippen LogP contribution in [0.25, 0.3) is 6.08 Å². The summed E-state index contributed by atoms with van der Waals surface area (Å²) in [6.45, 7) is 0.228. The molecule has 0 heterocycles. The van der Waals surface area contributed by atoms with Crippen LogP contribution in [0.3, 0.4) is 0 Å². The molecule has 0 radical (unpaired) electrons. The van der Waals surface area contributed by atoms with Crippen LogP contribution in [0.4, 0.5) is 5.69 Å². The molecule has 0 spiro atoms. The van der Waals surface area contributed by atoms with E-state index >= 15 is 0 Å². The minimum atomic E-state index is -0.503. The first kappa shape index (κ1) is 21.0. The van der Waals surface area contributed by atoms with E-state index in [1.54, 1.807) is 55.6 Å². The number of nitrogens with zero attached hydrogens (tertiary/aromatic N) is 1. The van der Waals surface area contributed by atoms with Gasteiger partial charge in [-0.1, -0.05) is 48.0 Å². The van der Waals surface area contributed by atoms with E-state index < -0.39 is 5.91 Å². The summed E-state index contributed by atoms with van der Waals surface area (Å²) in [5.41, 5.74) is 1.95. The average Bonchev–Trinajstić information content (AvgIpc) is 2.78. The number of nitriles is 1. The monoisotopic (exact) mass is 418 g/mol. The highest BCUT2D eigenvalue weighted by Crippen LogP contribution is 2.28. The molecule has 30 heavy (non-hydrogen) atoms. The summed E-state index contributed by atoms with van der Waals surface area (Å²) >= 11 is 6.20. The van der Waals surface area contributed by atoms with Gasteiger partial charge in [-0.3, -0.25) is 4.79 Å². The number of carbonyl (C=O) groups is 1. The summed E-state index contributed by atoms with van der Waals surface area (Å²) in [6.07, 6.45) is 1.49. The van der Waals surface area contributed by atoms with Crippen molar-refractivity contribution in [2.45, 2.75) is 6.61 Å². The SMILES string of the molecule is COc1ccc(/C=C(\C#N)C(=O)Nc2ccccc2)c(OCc2ccccc2Cl)c1. The maximum atomic E-state index is 12.5. The Bertz CT molecular complexity index is 1100. The van der Waals surface area contributed by atoms with E-state index in [-0.39, 0.29) is 12.2 Å². The number of rotatable bonds is 7. The van der Waals surface area contributed by atoms with Crippen LogP contribution in [0.2, 0.25) is 5.02 Å². The van der Waals surface area contributed by atoms with Gasteiger partial charge < -0.3 is 14.8 Å². The van der Waals surface area contributed by atoms with Gasteiger partial charge in [0, 0.05) is 27.9 Å². The maximum absolute atomic E-state index is 12.5. The molecule has 3 aromatic carbocycles. The first-order chi connectivity index (χ1) is 14.6. The molecule has 1 amide bonds. The highest BCUT2D eigenvalue weighted by atomic mass is 35.5. The van der Waals surface area contributed by atoms with Crippen molar-refractivity contribution in [2.24, 2.45) is 0 Å². The molecule has 0 atom stereocenters. The van der Waals surface area contributed by atoms with Crippen molar-refractivity contribution >= 4 is 29.3 Å². The second-order valence-corrected chi connectivity index (χ2v) is 6.68. The Morgan fingerprint density at radius 3 is 2.53 bits per heavy atom. The van der Waals surface area contributed by atoms with E-state index in [0.29, 0.717) is 27.8 Å². The molecule has 0 aromatic heterocycles. The first-order valence-corrected chi connectivity index (χ1v) is 9.51. The zero-order valence-electron chi connectivity index (χ0n) is 16.3. The van der Waals surface area contributed by atoms with Gasteiger partial charge in [0.1, 0.15) is 29.7 Å². The summed E-state index contributed by atoms with van der Waals surface area (Å²) in [6, 6.07) is 23.4. The molecule has 0 aliphatic rings. The van der Waals surface area contributed by atoms with Crippen LogP contribution in [0.5, 0.6) is 11.5 Å². The van der Waals surface area contributed by atoms with E-state index in [2.05, 4.69) is 5.32 Å². The van der Waals surface area contributed by atoms with Crippen molar-refractivity contribution in [3.63, 3.8) is 0 Å². The van der Waals surface area contributed by atoms with Gasteiger partial charge in [-0.15, -0.1) is 0 Å². The number of carbonyl (C=O) groups excluding carboxylic acids is 1. The average molecular weight is 419 g/mol. The summed E-state index contributed by atoms with van der Waals surface area (Å²) < 4.78 is 11.2. The molecule has 1 N–H and O–H groups in total. The molecule has 0 aliphatic carbocycles. The zero-order chi connectivity index (χ0) is 21.3. The van der Waals surface area contributed by atoms with Crippen LogP contribution in [0, 0.1) is 11.3 Å². The largest absolute Gasteiger partial charge is 0.497 e. The minimum Gasteiger partial charge on any atom is -0.497 e. The summed E-state index contributed by atoms with van der Waals surface area (Å²) in [5.74, 6) is 0.555. The highest BCUT2D eigenvalue weighted by Gasteiger charge is 2.13. The number of methoxy groups -OCH3 is 1. The second kappa shape index (κ2) is 10.1. The highest BCUT2D eigenvalue weighted by molar-refractivity contribution is 6.31. The fourth-order valence-electron chi connectivity index (χ4n) is 2.68. The van der Waals surface area contributed by atoms with Crippen LogP contribution in [0.15, 0.2) is 78.4 Å². The maximum Gasteiger partial charge on any atom is 0.266 e. The third kappa shape index (κ3) is 5.40. The quantitative estimate of drug-likeness (QED) is 0.407. The van der Waals surface area contributed by atoms with E-state index in [0.717, 1.165) is 5.56 Å². The number of ether oxygens (including phenoxy) is 2. The third-order valence-electron chi connectivity index (χ3n) is 4.26. The number of para-hydroxylation sites is 1. The first-order valence-electron chi connectivity index (χ1n) is 9.13. The number of nitrogens with one attached hydrogen (secondary N) is 1. The van der Waals surface area contributed by atoms with Gasteiger partial charge in [0.25, 0.3) is 5.91 Å². The lowest BCUT2D eigenvalue weighted by Crippen LogP contribution is -2.13. The molecule has 0 fully saturated rings. The van der Waals surface area contributed by atoms with Crippen LogP contribution in [0.1, 0.15) is 11.1 Å². The van der Waals surface area contributed by atoms with Crippen molar-refractivity contribution in [1.29, 1.82) is 5.26 Å². The predicted octanol–water partition coefficient (Wildman–Crippen LogP) is 5.47. The van der Waals surface area contributed by atoms with Gasteiger partial charge in [0.15, 0.2) is 0 Å². The number of benzene rings is 3. The van der Waals surface area contributed by atoms with Gasteiger partial charge in [0.2, 0.25) is 0 Å². The summed E-state index contributed by atoms with van der Waals surface area (Å²) in [4.78, 5) is 12.5. The summed E-state index contributed by atoms with van der Waals surface area (Å²) in [5, 5.41) is 12.8. The standard InChI is InChI=1S/C24H19ClN2O3/c1-29-21-12-11-17(23(14-21)30-16-18-7-5-6-10-22(18)25)13-19(15-26)24(28)27-20-8-3-2-4-9-20/h2-14H,16H2,1H3,(H,27,28)/b19-13+. The molecule has 5 nitrogen and oxygen atoms in total. The Kier molecular flexibility index (Phi) is 7.09. The van der Waals surface area contributed by atoms with Gasteiger partial charge in [-0.2, -0.15) is 5.26 Å². The number of hydrogen-bond acceptors (Lipinski definition) is 4. The van der Waals surface area contributed by atoms with E-state index in [4.69, 9.17) is 21.1 Å². The van der Waals surface area contributed by atoms with Crippen LogP contribution in [-0.2, 0) is 11.4 Å².